The number of aliphatic hydroxyl groups is 3. The number of aliphatic hydroxyl groups excluding tert-OH is 3. The van der Waals surface area contributed by atoms with Crippen molar-refractivity contribution in [3.8, 4) is 0 Å². The average Bonchev–Trinajstić information content (AvgIpc) is 2.75. The highest BCUT2D eigenvalue weighted by Gasteiger charge is 2.29. The topological polar surface area (TPSA) is 87.0 Å². The van der Waals surface area contributed by atoms with Crippen molar-refractivity contribution in [2.24, 2.45) is 5.41 Å². The molecular weight excluding hydrogens is 404 g/mol. The maximum atomic E-state index is 11.8. The zero-order valence-corrected chi connectivity index (χ0v) is 21.0. The summed E-state index contributed by atoms with van der Waals surface area (Å²) in [6.07, 6.45) is 16.2. The summed E-state index contributed by atoms with van der Waals surface area (Å²) in [7, 11) is 0. The van der Waals surface area contributed by atoms with Crippen LogP contribution in [-0.4, -0.2) is 47.7 Å². The third-order valence-corrected chi connectivity index (χ3v) is 5.54. The van der Waals surface area contributed by atoms with Crippen LogP contribution in [0.3, 0.4) is 0 Å². The molecule has 3 N–H and O–H groups in total. The van der Waals surface area contributed by atoms with Crippen LogP contribution in [-0.2, 0) is 9.53 Å². The van der Waals surface area contributed by atoms with Gasteiger partial charge in [0.1, 0.15) is 6.61 Å². The van der Waals surface area contributed by atoms with E-state index in [1.807, 2.05) is 0 Å². The van der Waals surface area contributed by atoms with Crippen molar-refractivity contribution in [1.29, 1.82) is 0 Å². The van der Waals surface area contributed by atoms with Gasteiger partial charge in [-0.3, -0.25) is 4.79 Å². The molecule has 5 heteroatoms. The molecule has 0 aliphatic heterocycles. The van der Waals surface area contributed by atoms with Crippen LogP contribution in [0.25, 0.3) is 0 Å². The molecule has 0 spiro atoms. The first kappa shape index (κ1) is 30.3. The van der Waals surface area contributed by atoms with Crippen molar-refractivity contribution in [2.45, 2.75) is 86.0 Å². The molecule has 5 nitrogen and oxygen atoms in total. The Bertz CT molecular complexity index is 639. The molecule has 32 heavy (non-hydrogen) atoms. The second kappa shape index (κ2) is 17.8. The number of carbonyl (C=O) groups is 1. The normalized spacial score (nSPS) is 13.3. The Morgan fingerprint density at radius 2 is 1.03 bits per heavy atom. The Balaban J connectivity index is 4.15. The van der Waals surface area contributed by atoms with Gasteiger partial charge < -0.3 is 20.1 Å². The predicted octanol–water partition coefficient (Wildman–Crippen LogP) is 5.42. The van der Waals surface area contributed by atoms with Gasteiger partial charge in [0.05, 0.1) is 25.2 Å². The lowest BCUT2D eigenvalue weighted by Crippen LogP contribution is -2.39. The number of carbonyl (C=O) groups excluding carboxylic acids is 1. The summed E-state index contributed by atoms with van der Waals surface area (Å²) in [5.41, 5.74) is 4.32. The van der Waals surface area contributed by atoms with E-state index in [-0.39, 0.29) is 13.0 Å². The van der Waals surface area contributed by atoms with Crippen molar-refractivity contribution < 1.29 is 24.9 Å². The summed E-state index contributed by atoms with van der Waals surface area (Å²) in [4.78, 5) is 11.8. The van der Waals surface area contributed by atoms with Crippen LogP contribution in [0, 0.1) is 5.41 Å². The minimum atomic E-state index is -1.17. The number of rotatable bonds is 17. The van der Waals surface area contributed by atoms with Crippen LogP contribution in [0.2, 0.25) is 0 Å². The zero-order valence-electron chi connectivity index (χ0n) is 21.0. The van der Waals surface area contributed by atoms with E-state index in [2.05, 4.69) is 58.9 Å². The zero-order chi connectivity index (χ0) is 24.4. The van der Waals surface area contributed by atoms with Crippen LogP contribution >= 0.6 is 0 Å². The van der Waals surface area contributed by atoms with Crippen LogP contribution in [0.15, 0.2) is 46.6 Å². The number of allylic oxidation sites excluding steroid dienone is 8. The molecule has 0 aliphatic carbocycles. The van der Waals surface area contributed by atoms with Gasteiger partial charge in [-0.2, -0.15) is 0 Å². The number of hydrogen-bond acceptors (Lipinski definition) is 5. The maximum Gasteiger partial charge on any atom is 0.306 e. The molecule has 0 bridgehead atoms. The number of hydrogen-bond donors (Lipinski definition) is 3. The Morgan fingerprint density at radius 1 is 0.656 bits per heavy atom. The molecule has 0 amide bonds. The molecule has 0 rings (SSSR count). The molecule has 184 valence electrons. The van der Waals surface area contributed by atoms with Gasteiger partial charge in [0, 0.05) is 6.42 Å². The number of ether oxygens (including phenoxy) is 1. The first-order valence-corrected chi connectivity index (χ1v) is 11.8. The standard InChI is InChI=1S/C27H46O5/c1-22(2)10-6-11-23(3)12-7-13-24(4)14-8-15-25(5)16-9-17-26(31)32-21-27(18-28,19-29)20-30/h10,12,14,16,28-30H,6-9,11,13,15,17-21H2,1-5H3/b23-12+,24-14+,25-16+. The third kappa shape index (κ3) is 15.2. The van der Waals surface area contributed by atoms with Gasteiger partial charge in [-0.15, -0.1) is 0 Å². The van der Waals surface area contributed by atoms with Gasteiger partial charge in [0.25, 0.3) is 0 Å². The highest BCUT2D eigenvalue weighted by atomic mass is 16.5. The van der Waals surface area contributed by atoms with Gasteiger partial charge in [-0.05, 0) is 79.6 Å². The lowest BCUT2D eigenvalue weighted by atomic mass is 9.93. The summed E-state index contributed by atoms with van der Waals surface area (Å²) >= 11 is 0. The van der Waals surface area contributed by atoms with Crippen LogP contribution in [0.4, 0.5) is 0 Å². The molecule has 0 aromatic rings. The van der Waals surface area contributed by atoms with Crippen molar-refractivity contribution >= 4 is 5.97 Å². The second-order valence-electron chi connectivity index (χ2n) is 9.22. The first-order valence-electron chi connectivity index (χ1n) is 11.8. The van der Waals surface area contributed by atoms with E-state index in [1.165, 1.54) is 22.3 Å². The van der Waals surface area contributed by atoms with Crippen LogP contribution in [0.1, 0.15) is 86.0 Å². The summed E-state index contributed by atoms with van der Waals surface area (Å²) in [5.74, 6) is -0.395. The summed E-state index contributed by atoms with van der Waals surface area (Å²) in [5, 5.41) is 27.7. The van der Waals surface area contributed by atoms with Gasteiger partial charge in [0.15, 0.2) is 0 Å². The molecule has 0 heterocycles. The first-order chi connectivity index (χ1) is 15.2. The minimum absolute atomic E-state index is 0.188. The Labute approximate surface area is 195 Å². The number of esters is 1. The fourth-order valence-electron chi connectivity index (χ4n) is 3.02. The van der Waals surface area contributed by atoms with E-state index in [1.54, 1.807) is 0 Å². The molecule has 0 radical (unpaired) electrons. The van der Waals surface area contributed by atoms with Crippen LogP contribution < -0.4 is 0 Å². The van der Waals surface area contributed by atoms with Gasteiger partial charge in [0.2, 0.25) is 0 Å². The van der Waals surface area contributed by atoms with Gasteiger partial charge in [-0.25, -0.2) is 0 Å². The summed E-state index contributed by atoms with van der Waals surface area (Å²) < 4.78 is 5.10. The molecule has 0 aromatic carbocycles. The monoisotopic (exact) mass is 450 g/mol. The lowest BCUT2D eigenvalue weighted by Gasteiger charge is -2.26. The molecule has 0 aliphatic rings. The molecule has 0 saturated carbocycles. The van der Waals surface area contributed by atoms with E-state index >= 15 is 0 Å². The van der Waals surface area contributed by atoms with E-state index < -0.39 is 31.2 Å². The predicted molar refractivity (Wildman–Crippen MR) is 132 cm³/mol. The highest BCUT2D eigenvalue weighted by molar-refractivity contribution is 5.69. The fraction of sp³-hybridized carbons (Fsp3) is 0.667. The van der Waals surface area contributed by atoms with E-state index in [4.69, 9.17) is 4.74 Å². The Hall–Kier alpha value is -1.69. The Morgan fingerprint density at radius 3 is 1.41 bits per heavy atom. The van der Waals surface area contributed by atoms with Crippen molar-refractivity contribution in [3.05, 3.63) is 46.6 Å². The smallest absolute Gasteiger partial charge is 0.306 e. The quantitative estimate of drug-likeness (QED) is 0.203. The van der Waals surface area contributed by atoms with Crippen molar-refractivity contribution in [1.82, 2.24) is 0 Å². The molecule has 0 atom stereocenters. The lowest BCUT2D eigenvalue weighted by molar-refractivity contribution is -0.151. The third-order valence-electron chi connectivity index (χ3n) is 5.54. The maximum absolute atomic E-state index is 11.8. The SMILES string of the molecule is CC(C)=CCC/C(C)=C/CC/C(C)=C/CC/C(C)=C/CCC(=O)OCC(CO)(CO)CO. The molecule has 0 fully saturated rings. The van der Waals surface area contributed by atoms with Crippen molar-refractivity contribution in [2.75, 3.05) is 26.4 Å². The molecule has 0 aromatic heterocycles. The highest BCUT2D eigenvalue weighted by Crippen LogP contribution is 2.16. The van der Waals surface area contributed by atoms with E-state index in [0.717, 1.165) is 38.5 Å². The van der Waals surface area contributed by atoms with Crippen LogP contribution in [0.5, 0.6) is 0 Å². The second-order valence-corrected chi connectivity index (χ2v) is 9.22. The minimum Gasteiger partial charge on any atom is -0.465 e. The fourth-order valence-corrected chi connectivity index (χ4v) is 3.02. The van der Waals surface area contributed by atoms with Gasteiger partial charge in [-0.1, -0.05) is 46.6 Å². The molecular formula is C27H46O5. The van der Waals surface area contributed by atoms with E-state index in [9.17, 15) is 20.1 Å². The Kier molecular flexibility index (Phi) is 16.9. The molecule has 0 saturated heterocycles. The molecule has 0 unspecified atom stereocenters. The van der Waals surface area contributed by atoms with Gasteiger partial charge >= 0.3 is 5.97 Å². The summed E-state index contributed by atoms with van der Waals surface area (Å²) in [6, 6.07) is 0. The largest absolute Gasteiger partial charge is 0.465 e. The van der Waals surface area contributed by atoms with Crippen molar-refractivity contribution in [3.63, 3.8) is 0 Å². The van der Waals surface area contributed by atoms with E-state index in [0.29, 0.717) is 6.42 Å². The summed E-state index contributed by atoms with van der Waals surface area (Å²) in [6.45, 7) is 9.24. The average molecular weight is 451 g/mol.